The Morgan fingerprint density at radius 3 is 2.58 bits per heavy atom. The predicted molar refractivity (Wildman–Crippen MR) is 74.8 cm³/mol. The fourth-order valence-corrected chi connectivity index (χ4v) is 2.40. The molecule has 98 valence electrons. The molecule has 0 saturated heterocycles. The standard InChI is InChI=1S/C13H12N2O3S/c1-8-3-4-10(9(2)7-8)14-13(16)11-5-6-12(19-11)15(17)18/h3-7H,1-2H3,(H,14,16). The van der Waals surface area contributed by atoms with Gasteiger partial charge >= 0.3 is 5.00 Å². The van der Waals surface area contributed by atoms with Crippen molar-refractivity contribution < 1.29 is 9.72 Å². The SMILES string of the molecule is Cc1ccc(NC(=O)c2ccc([N+](=O)[O-])s2)c(C)c1. The van der Waals surface area contributed by atoms with Gasteiger partial charge in [-0.15, -0.1) is 0 Å². The third kappa shape index (κ3) is 2.97. The van der Waals surface area contributed by atoms with Gasteiger partial charge in [-0.25, -0.2) is 0 Å². The van der Waals surface area contributed by atoms with Crippen molar-refractivity contribution in [3.8, 4) is 0 Å². The third-order valence-corrected chi connectivity index (χ3v) is 3.66. The number of benzene rings is 1. The molecule has 1 heterocycles. The molecule has 2 rings (SSSR count). The number of anilines is 1. The Labute approximate surface area is 114 Å². The summed E-state index contributed by atoms with van der Waals surface area (Å²) < 4.78 is 0. The minimum Gasteiger partial charge on any atom is -0.321 e. The maximum atomic E-state index is 12.0. The van der Waals surface area contributed by atoms with E-state index in [0.717, 1.165) is 22.5 Å². The minimum atomic E-state index is -0.501. The van der Waals surface area contributed by atoms with Crippen LogP contribution in [0.1, 0.15) is 20.8 Å². The highest BCUT2D eigenvalue weighted by Crippen LogP contribution is 2.25. The summed E-state index contributed by atoms with van der Waals surface area (Å²) >= 11 is 0.866. The Morgan fingerprint density at radius 1 is 1.26 bits per heavy atom. The summed E-state index contributed by atoms with van der Waals surface area (Å²) in [5.74, 6) is -0.329. The van der Waals surface area contributed by atoms with Crippen molar-refractivity contribution in [3.63, 3.8) is 0 Å². The summed E-state index contributed by atoms with van der Waals surface area (Å²) in [4.78, 5) is 22.4. The van der Waals surface area contributed by atoms with Crippen LogP contribution in [-0.4, -0.2) is 10.8 Å². The van der Waals surface area contributed by atoms with Crippen LogP contribution in [0.2, 0.25) is 0 Å². The third-order valence-electron chi connectivity index (χ3n) is 2.63. The maximum Gasteiger partial charge on any atom is 0.324 e. The number of thiophene rings is 1. The van der Waals surface area contributed by atoms with Crippen LogP contribution in [0.15, 0.2) is 30.3 Å². The Morgan fingerprint density at radius 2 is 2.00 bits per heavy atom. The van der Waals surface area contributed by atoms with Gasteiger partial charge in [0.1, 0.15) is 0 Å². The van der Waals surface area contributed by atoms with Crippen LogP contribution in [-0.2, 0) is 0 Å². The van der Waals surface area contributed by atoms with Crippen LogP contribution < -0.4 is 5.32 Å². The van der Waals surface area contributed by atoms with Gasteiger partial charge in [-0.3, -0.25) is 14.9 Å². The number of amides is 1. The molecule has 0 saturated carbocycles. The van der Waals surface area contributed by atoms with Gasteiger partial charge in [0, 0.05) is 11.8 Å². The number of nitro groups is 1. The normalized spacial score (nSPS) is 10.2. The summed E-state index contributed by atoms with van der Waals surface area (Å²) in [5, 5.41) is 13.3. The van der Waals surface area contributed by atoms with Crippen molar-refractivity contribution in [2.45, 2.75) is 13.8 Å². The zero-order valence-corrected chi connectivity index (χ0v) is 11.3. The molecule has 0 aliphatic carbocycles. The Kier molecular flexibility index (Phi) is 3.62. The van der Waals surface area contributed by atoms with E-state index in [0.29, 0.717) is 10.6 Å². The highest BCUT2D eigenvalue weighted by molar-refractivity contribution is 7.17. The van der Waals surface area contributed by atoms with E-state index in [1.807, 2.05) is 32.0 Å². The van der Waals surface area contributed by atoms with E-state index < -0.39 is 4.92 Å². The van der Waals surface area contributed by atoms with E-state index in [9.17, 15) is 14.9 Å². The van der Waals surface area contributed by atoms with Gasteiger partial charge in [-0.2, -0.15) is 0 Å². The number of carbonyl (C=O) groups excluding carboxylic acids is 1. The molecule has 2 aromatic rings. The lowest BCUT2D eigenvalue weighted by atomic mass is 10.1. The van der Waals surface area contributed by atoms with E-state index in [1.165, 1.54) is 12.1 Å². The number of carbonyl (C=O) groups is 1. The molecule has 1 aromatic carbocycles. The fourth-order valence-electron chi connectivity index (χ4n) is 1.69. The summed E-state index contributed by atoms with van der Waals surface area (Å²) in [6.45, 7) is 3.88. The molecular formula is C13H12N2O3S. The molecule has 6 heteroatoms. The fraction of sp³-hybridized carbons (Fsp3) is 0.154. The molecule has 0 unspecified atom stereocenters. The molecule has 5 nitrogen and oxygen atoms in total. The summed E-state index contributed by atoms with van der Waals surface area (Å²) in [6, 6.07) is 8.49. The van der Waals surface area contributed by atoms with Gasteiger partial charge in [-0.1, -0.05) is 29.0 Å². The summed E-state index contributed by atoms with van der Waals surface area (Å²) in [6.07, 6.45) is 0. The molecule has 1 amide bonds. The van der Waals surface area contributed by atoms with Gasteiger partial charge in [0.05, 0.1) is 9.80 Å². The first-order chi connectivity index (χ1) is 8.97. The van der Waals surface area contributed by atoms with Crippen LogP contribution in [0, 0.1) is 24.0 Å². The van der Waals surface area contributed by atoms with Gasteiger partial charge in [-0.05, 0) is 31.5 Å². The first kappa shape index (κ1) is 13.2. The molecule has 0 fully saturated rings. The molecule has 0 radical (unpaired) electrons. The molecule has 0 bridgehead atoms. The minimum absolute atomic E-state index is 0.0363. The van der Waals surface area contributed by atoms with Crippen molar-refractivity contribution in [1.82, 2.24) is 0 Å². The highest BCUT2D eigenvalue weighted by atomic mass is 32.1. The number of hydrogen-bond donors (Lipinski definition) is 1. The van der Waals surface area contributed by atoms with Crippen LogP contribution in [0.25, 0.3) is 0 Å². The zero-order chi connectivity index (χ0) is 14.0. The smallest absolute Gasteiger partial charge is 0.321 e. The van der Waals surface area contributed by atoms with Crippen LogP contribution in [0.5, 0.6) is 0 Å². The highest BCUT2D eigenvalue weighted by Gasteiger charge is 2.15. The van der Waals surface area contributed by atoms with E-state index in [2.05, 4.69) is 5.32 Å². The average molecular weight is 276 g/mol. The number of aryl methyl sites for hydroxylation is 2. The molecule has 0 atom stereocenters. The molecule has 0 aliphatic rings. The second-order valence-corrected chi connectivity index (χ2v) is 5.23. The average Bonchev–Trinajstić information content (AvgIpc) is 2.82. The molecular weight excluding hydrogens is 264 g/mol. The molecule has 0 spiro atoms. The van der Waals surface area contributed by atoms with E-state index in [4.69, 9.17) is 0 Å². The lowest BCUT2D eigenvalue weighted by molar-refractivity contribution is -0.380. The van der Waals surface area contributed by atoms with Crippen LogP contribution in [0.4, 0.5) is 10.7 Å². The molecule has 19 heavy (non-hydrogen) atoms. The summed E-state index contributed by atoms with van der Waals surface area (Å²) in [7, 11) is 0. The number of hydrogen-bond acceptors (Lipinski definition) is 4. The van der Waals surface area contributed by atoms with Gasteiger partial charge in [0.25, 0.3) is 5.91 Å². The Balaban J connectivity index is 2.18. The largest absolute Gasteiger partial charge is 0.324 e. The van der Waals surface area contributed by atoms with Crippen LogP contribution >= 0.6 is 11.3 Å². The van der Waals surface area contributed by atoms with E-state index in [-0.39, 0.29) is 10.9 Å². The zero-order valence-electron chi connectivity index (χ0n) is 10.5. The van der Waals surface area contributed by atoms with Crippen molar-refractivity contribution in [3.05, 3.63) is 56.5 Å². The van der Waals surface area contributed by atoms with Gasteiger partial charge < -0.3 is 5.32 Å². The number of rotatable bonds is 3. The number of nitrogens with one attached hydrogen (secondary N) is 1. The Hall–Kier alpha value is -2.21. The molecule has 0 aliphatic heterocycles. The number of nitrogens with zero attached hydrogens (tertiary/aromatic N) is 1. The van der Waals surface area contributed by atoms with Crippen molar-refractivity contribution in [1.29, 1.82) is 0 Å². The van der Waals surface area contributed by atoms with Crippen molar-refractivity contribution in [2.24, 2.45) is 0 Å². The molecule has 1 N–H and O–H groups in total. The summed E-state index contributed by atoms with van der Waals surface area (Å²) in [5.41, 5.74) is 2.79. The lowest BCUT2D eigenvalue weighted by Gasteiger charge is -2.07. The quantitative estimate of drug-likeness (QED) is 0.688. The lowest BCUT2D eigenvalue weighted by Crippen LogP contribution is -2.11. The van der Waals surface area contributed by atoms with Crippen molar-refractivity contribution in [2.75, 3.05) is 5.32 Å². The van der Waals surface area contributed by atoms with E-state index >= 15 is 0 Å². The Bertz CT molecular complexity index is 649. The van der Waals surface area contributed by atoms with Gasteiger partial charge in [0.15, 0.2) is 0 Å². The van der Waals surface area contributed by atoms with Crippen LogP contribution in [0.3, 0.4) is 0 Å². The predicted octanol–water partition coefficient (Wildman–Crippen LogP) is 3.53. The first-order valence-corrected chi connectivity index (χ1v) is 6.42. The second-order valence-electron chi connectivity index (χ2n) is 4.17. The van der Waals surface area contributed by atoms with Crippen molar-refractivity contribution >= 4 is 27.9 Å². The topological polar surface area (TPSA) is 72.2 Å². The second kappa shape index (κ2) is 5.19. The monoisotopic (exact) mass is 276 g/mol. The maximum absolute atomic E-state index is 12.0. The molecule has 1 aromatic heterocycles. The van der Waals surface area contributed by atoms with E-state index in [1.54, 1.807) is 0 Å². The van der Waals surface area contributed by atoms with Gasteiger partial charge in [0.2, 0.25) is 0 Å². The first-order valence-electron chi connectivity index (χ1n) is 5.60.